The van der Waals surface area contributed by atoms with Gasteiger partial charge in [0.25, 0.3) is 0 Å². The van der Waals surface area contributed by atoms with Gasteiger partial charge in [-0.2, -0.15) is 0 Å². The molecule has 2 aliphatic rings. The highest BCUT2D eigenvalue weighted by molar-refractivity contribution is 5.77. The van der Waals surface area contributed by atoms with E-state index in [1.165, 1.54) is 49.1 Å². The van der Waals surface area contributed by atoms with Gasteiger partial charge < -0.3 is 0 Å². The van der Waals surface area contributed by atoms with Crippen LogP contribution in [0.15, 0.2) is 24.3 Å². The SMILES string of the molecule is c1ccc2c(c1)CCC[C@H]2NC1=[NH+]CCC1. The van der Waals surface area contributed by atoms with Gasteiger partial charge in [0.05, 0.1) is 13.0 Å². The van der Waals surface area contributed by atoms with E-state index in [-0.39, 0.29) is 0 Å². The Balaban J connectivity index is 1.81. The van der Waals surface area contributed by atoms with E-state index in [1.807, 2.05) is 0 Å². The number of amidine groups is 1. The number of hydrogen-bond donors (Lipinski definition) is 2. The molecule has 0 amide bonds. The Morgan fingerprint density at radius 2 is 2.06 bits per heavy atom. The fourth-order valence-electron chi connectivity index (χ4n) is 2.83. The third-order valence-electron chi connectivity index (χ3n) is 3.66. The normalized spacial score (nSPS) is 23.8. The average Bonchev–Trinajstić information content (AvgIpc) is 2.82. The molecule has 2 N–H and O–H groups in total. The van der Waals surface area contributed by atoms with E-state index in [4.69, 9.17) is 0 Å². The highest BCUT2D eigenvalue weighted by atomic mass is 15.0. The summed E-state index contributed by atoms with van der Waals surface area (Å²) in [6.45, 7) is 1.14. The summed E-state index contributed by atoms with van der Waals surface area (Å²) in [4.78, 5) is 3.44. The highest BCUT2D eigenvalue weighted by Crippen LogP contribution is 2.29. The van der Waals surface area contributed by atoms with E-state index >= 15 is 0 Å². The van der Waals surface area contributed by atoms with Crippen molar-refractivity contribution in [3.8, 4) is 0 Å². The standard InChI is InChI=1S/C14H18N2/c1-2-7-12-11(5-1)6-3-8-13(12)16-14-9-4-10-15-14/h1-2,5,7,13H,3-4,6,8-10H2,(H,15,16)/p+1/t13-/m1/s1. The predicted molar refractivity (Wildman–Crippen MR) is 65.3 cm³/mol. The van der Waals surface area contributed by atoms with Crippen LogP contribution < -0.4 is 10.3 Å². The fourth-order valence-corrected chi connectivity index (χ4v) is 2.83. The first-order valence-corrected chi connectivity index (χ1v) is 6.37. The van der Waals surface area contributed by atoms with E-state index in [0.29, 0.717) is 6.04 Å². The smallest absolute Gasteiger partial charge is 0.243 e. The Morgan fingerprint density at radius 3 is 2.94 bits per heavy atom. The van der Waals surface area contributed by atoms with Crippen molar-refractivity contribution in [1.29, 1.82) is 0 Å². The number of benzene rings is 1. The fraction of sp³-hybridized carbons (Fsp3) is 0.500. The van der Waals surface area contributed by atoms with Gasteiger partial charge >= 0.3 is 0 Å². The molecule has 0 fully saturated rings. The summed E-state index contributed by atoms with van der Waals surface area (Å²) in [5.41, 5.74) is 3.04. The lowest BCUT2D eigenvalue weighted by atomic mass is 9.87. The highest BCUT2D eigenvalue weighted by Gasteiger charge is 2.25. The first-order valence-electron chi connectivity index (χ1n) is 6.37. The zero-order valence-corrected chi connectivity index (χ0v) is 9.63. The van der Waals surface area contributed by atoms with Gasteiger partial charge in [0.2, 0.25) is 5.84 Å². The molecule has 3 rings (SSSR count). The molecule has 0 saturated heterocycles. The summed E-state index contributed by atoms with van der Waals surface area (Å²) in [6, 6.07) is 9.40. The third kappa shape index (κ3) is 1.84. The number of hydrogen-bond acceptors (Lipinski definition) is 1. The van der Waals surface area contributed by atoms with E-state index in [1.54, 1.807) is 0 Å². The molecule has 0 spiro atoms. The van der Waals surface area contributed by atoms with Crippen LogP contribution in [0, 0.1) is 0 Å². The lowest BCUT2D eigenvalue weighted by molar-refractivity contribution is -0.449. The zero-order valence-electron chi connectivity index (χ0n) is 9.63. The molecule has 0 radical (unpaired) electrons. The van der Waals surface area contributed by atoms with Gasteiger partial charge in [-0.05, 0) is 36.8 Å². The molecule has 16 heavy (non-hydrogen) atoms. The molecular formula is C14H19N2+. The van der Waals surface area contributed by atoms with E-state index in [0.717, 1.165) is 6.54 Å². The molecule has 1 aromatic rings. The number of rotatable bonds is 1. The zero-order chi connectivity index (χ0) is 10.8. The van der Waals surface area contributed by atoms with Gasteiger partial charge in [-0.1, -0.05) is 24.3 Å². The van der Waals surface area contributed by atoms with Crippen LogP contribution in [0.1, 0.15) is 42.9 Å². The topological polar surface area (TPSA) is 26.0 Å². The summed E-state index contributed by atoms with van der Waals surface area (Å²) in [6.07, 6.45) is 6.29. The first-order chi connectivity index (χ1) is 7.93. The Labute approximate surface area is 96.8 Å². The molecule has 1 aromatic carbocycles. The van der Waals surface area contributed by atoms with Crippen molar-refractivity contribution in [2.45, 2.75) is 38.1 Å². The van der Waals surface area contributed by atoms with Crippen molar-refractivity contribution in [3.63, 3.8) is 0 Å². The molecule has 0 bridgehead atoms. The maximum atomic E-state index is 3.68. The van der Waals surface area contributed by atoms with Crippen LogP contribution in [0.25, 0.3) is 0 Å². The first kappa shape index (κ1) is 9.88. The monoisotopic (exact) mass is 215 g/mol. The lowest BCUT2D eigenvalue weighted by Gasteiger charge is -2.23. The van der Waals surface area contributed by atoms with Crippen LogP contribution in [0.3, 0.4) is 0 Å². The molecule has 2 heteroatoms. The van der Waals surface area contributed by atoms with Gasteiger partial charge in [0, 0.05) is 0 Å². The minimum absolute atomic E-state index is 0.533. The van der Waals surface area contributed by atoms with Gasteiger partial charge in [0.15, 0.2) is 0 Å². The van der Waals surface area contributed by atoms with Crippen LogP contribution >= 0.6 is 0 Å². The van der Waals surface area contributed by atoms with Gasteiger partial charge in [-0.3, -0.25) is 10.3 Å². The molecule has 84 valence electrons. The van der Waals surface area contributed by atoms with Crippen molar-refractivity contribution in [2.24, 2.45) is 0 Å². The average molecular weight is 215 g/mol. The van der Waals surface area contributed by atoms with Crippen molar-refractivity contribution < 1.29 is 4.99 Å². The number of aryl methyl sites for hydroxylation is 1. The quantitative estimate of drug-likeness (QED) is 0.716. The molecule has 0 saturated carbocycles. The predicted octanol–water partition coefficient (Wildman–Crippen LogP) is 0.926. The van der Waals surface area contributed by atoms with Crippen LogP contribution in [0.4, 0.5) is 0 Å². The number of fused-ring (bicyclic) bond motifs is 1. The summed E-state index contributed by atoms with van der Waals surface area (Å²) >= 11 is 0. The minimum atomic E-state index is 0.533. The third-order valence-corrected chi connectivity index (χ3v) is 3.66. The van der Waals surface area contributed by atoms with Gasteiger partial charge in [0.1, 0.15) is 6.04 Å². The summed E-state index contributed by atoms with van der Waals surface area (Å²) in [7, 11) is 0. The lowest BCUT2D eigenvalue weighted by Crippen LogP contribution is -2.72. The van der Waals surface area contributed by atoms with E-state index in [9.17, 15) is 0 Å². The van der Waals surface area contributed by atoms with E-state index < -0.39 is 0 Å². The summed E-state index contributed by atoms with van der Waals surface area (Å²) < 4.78 is 0. The van der Waals surface area contributed by atoms with Crippen LogP contribution in [-0.4, -0.2) is 12.4 Å². The molecule has 0 aromatic heterocycles. The molecule has 2 nitrogen and oxygen atoms in total. The second-order valence-electron chi connectivity index (χ2n) is 4.80. The maximum absolute atomic E-state index is 3.68. The molecule has 1 aliphatic heterocycles. The summed E-state index contributed by atoms with van der Waals surface area (Å²) in [5.74, 6) is 1.35. The Kier molecular flexibility index (Phi) is 2.65. The van der Waals surface area contributed by atoms with E-state index in [2.05, 4.69) is 34.6 Å². The summed E-state index contributed by atoms with van der Waals surface area (Å²) in [5, 5.41) is 3.68. The van der Waals surface area contributed by atoms with Crippen LogP contribution in [0.2, 0.25) is 0 Å². The molecule has 0 unspecified atom stereocenters. The van der Waals surface area contributed by atoms with Gasteiger partial charge in [-0.15, -0.1) is 0 Å². The Bertz CT molecular complexity index is 409. The van der Waals surface area contributed by atoms with Gasteiger partial charge in [-0.25, -0.2) is 0 Å². The number of nitrogens with one attached hydrogen (secondary N) is 2. The second-order valence-corrected chi connectivity index (χ2v) is 4.80. The van der Waals surface area contributed by atoms with Crippen LogP contribution in [-0.2, 0) is 6.42 Å². The van der Waals surface area contributed by atoms with Crippen molar-refractivity contribution in [1.82, 2.24) is 5.32 Å². The van der Waals surface area contributed by atoms with Crippen molar-refractivity contribution >= 4 is 5.84 Å². The Hall–Kier alpha value is -1.31. The van der Waals surface area contributed by atoms with Crippen molar-refractivity contribution in [3.05, 3.63) is 35.4 Å². The molecule has 1 atom stereocenters. The largest absolute Gasteiger partial charge is 0.279 e. The maximum Gasteiger partial charge on any atom is 0.243 e. The Morgan fingerprint density at radius 1 is 1.12 bits per heavy atom. The van der Waals surface area contributed by atoms with Crippen molar-refractivity contribution in [2.75, 3.05) is 6.54 Å². The molecular weight excluding hydrogens is 196 g/mol. The van der Waals surface area contributed by atoms with Crippen LogP contribution in [0.5, 0.6) is 0 Å². The molecule has 1 aliphatic carbocycles. The minimum Gasteiger partial charge on any atom is -0.279 e. The molecule has 1 heterocycles. The second kappa shape index (κ2) is 4.28.